The maximum absolute atomic E-state index is 12.1. The van der Waals surface area contributed by atoms with Gasteiger partial charge in [0.1, 0.15) is 12.4 Å². The Labute approximate surface area is 152 Å². The summed E-state index contributed by atoms with van der Waals surface area (Å²) in [6, 6.07) is 10.8. The van der Waals surface area contributed by atoms with Gasteiger partial charge in [-0.25, -0.2) is 9.78 Å². The van der Waals surface area contributed by atoms with E-state index in [1.165, 1.54) is 0 Å². The van der Waals surface area contributed by atoms with Crippen LogP contribution in [0.1, 0.15) is 12.5 Å². The van der Waals surface area contributed by atoms with Crippen molar-refractivity contribution in [3.8, 4) is 5.75 Å². The number of carbonyl (C=O) groups excluding carboxylic acids is 1. The van der Waals surface area contributed by atoms with Gasteiger partial charge in [-0.1, -0.05) is 6.07 Å². The topological polar surface area (TPSA) is 81.1 Å². The molecule has 134 valence electrons. The lowest BCUT2D eigenvalue weighted by atomic mass is 10.3. The summed E-state index contributed by atoms with van der Waals surface area (Å²) in [4.78, 5) is 20.1. The molecule has 7 nitrogen and oxygen atoms in total. The second-order valence-electron chi connectivity index (χ2n) is 5.93. The summed E-state index contributed by atoms with van der Waals surface area (Å²) in [5, 5.41) is 5.72. The third kappa shape index (κ3) is 5.34. The van der Waals surface area contributed by atoms with Crippen LogP contribution in [0.3, 0.4) is 0 Å². The summed E-state index contributed by atoms with van der Waals surface area (Å²) in [6.07, 6.45) is 8.75. The van der Waals surface area contributed by atoms with Crippen molar-refractivity contribution in [3.05, 3.63) is 73.1 Å². The lowest BCUT2D eigenvalue weighted by Crippen LogP contribution is -2.38. The molecule has 7 heteroatoms. The Bertz CT molecular complexity index is 821. The molecule has 2 amide bonds. The Balaban J connectivity index is 1.50. The van der Waals surface area contributed by atoms with Gasteiger partial charge in [0.15, 0.2) is 0 Å². The first-order chi connectivity index (χ1) is 12.7. The van der Waals surface area contributed by atoms with E-state index in [-0.39, 0.29) is 12.1 Å². The number of hydrogen-bond acceptors (Lipinski definition) is 4. The molecule has 3 rings (SSSR count). The Morgan fingerprint density at radius 3 is 2.81 bits per heavy atom. The first-order valence-corrected chi connectivity index (χ1v) is 8.34. The van der Waals surface area contributed by atoms with Gasteiger partial charge in [0.05, 0.1) is 6.33 Å². The lowest BCUT2D eigenvalue weighted by molar-refractivity contribution is 0.248. The van der Waals surface area contributed by atoms with Crippen LogP contribution in [-0.2, 0) is 13.2 Å². The molecule has 2 aromatic heterocycles. The van der Waals surface area contributed by atoms with E-state index in [0.717, 1.165) is 5.56 Å². The van der Waals surface area contributed by atoms with Crippen molar-refractivity contribution in [1.82, 2.24) is 19.9 Å². The van der Waals surface area contributed by atoms with Crippen LogP contribution >= 0.6 is 0 Å². The fourth-order valence-electron chi connectivity index (χ4n) is 2.46. The molecule has 0 saturated heterocycles. The van der Waals surface area contributed by atoms with Crippen LogP contribution in [0.2, 0.25) is 0 Å². The van der Waals surface area contributed by atoms with Crippen LogP contribution in [0.15, 0.2) is 67.5 Å². The number of nitrogens with one attached hydrogen (secondary N) is 2. The second-order valence-corrected chi connectivity index (χ2v) is 5.93. The Hall–Kier alpha value is -3.35. The minimum Gasteiger partial charge on any atom is -0.489 e. The van der Waals surface area contributed by atoms with Crippen LogP contribution in [0.25, 0.3) is 0 Å². The highest BCUT2D eigenvalue weighted by atomic mass is 16.5. The summed E-state index contributed by atoms with van der Waals surface area (Å²) < 4.78 is 7.67. The highest BCUT2D eigenvalue weighted by Gasteiger charge is 2.08. The van der Waals surface area contributed by atoms with Gasteiger partial charge in [-0.05, 0) is 36.8 Å². The minimum absolute atomic E-state index is 0.0321. The third-order valence-electron chi connectivity index (χ3n) is 3.67. The number of hydrogen-bond donors (Lipinski definition) is 2. The molecule has 2 N–H and O–H groups in total. The average molecular weight is 351 g/mol. The zero-order chi connectivity index (χ0) is 18.2. The Morgan fingerprint density at radius 2 is 2.04 bits per heavy atom. The number of imidazole rings is 1. The molecular formula is C19H21N5O2. The molecule has 0 aliphatic rings. The third-order valence-corrected chi connectivity index (χ3v) is 3.67. The number of amides is 2. The lowest BCUT2D eigenvalue weighted by Gasteiger charge is -2.15. The molecular weight excluding hydrogens is 330 g/mol. The Morgan fingerprint density at radius 1 is 1.19 bits per heavy atom. The van der Waals surface area contributed by atoms with E-state index in [4.69, 9.17) is 4.74 Å². The number of anilines is 1. The fraction of sp³-hybridized carbons (Fsp3) is 0.211. The minimum atomic E-state index is -0.260. The number of aromatic nitrogens is 3. The molecule has 3 aromatic rings. The summed E-state index contributed by atoms with van der Waals surface area (Å²) in [5.41, 5.74) is 1.70. The van der Waals surface area contributed by atoms with Crippen molar-refractivity contribution in [2.75, 3.05) is 5.32 Å². The molecule has 2 heterocycles. The largest absolute Gasteiger partial charge is 0.489 e. The summed E-state index contributed by atoms with van der Waals surface area (Å²) in [6.45, 7) is 3.04. The predicted molar refractivity (Wildman–Crippen MR) is 98.9 cm³/mol. The zero-order valence-electron chi connectivity index (χ0n) is 14.5. The average Bonchev–Trinajstić information content (AvgIpc) is 3.14. The van der Waals surface area contributed by atoms with Gasteiger partial charge in [-0.15, -0.1) is 0 Å². The quantitative estimate of drug-likeness (QED) is 0.685. The van der Waals surface area contributed by atoms with Gasteiger partial charge >= 0.3 is 6.03 Å². The van der Waals surface area contributed by atoms with Gasteiger partial charge in [-0.3, -0.25) is 4.98 Å². The van der Waals surface area contributed by atoms with Crippen LogP contribution in [0, 0.1) is 0 Å². The van der Waals surface area contributed by atoms with E-state index < -0.39 is 0 Å². The maximum Gasteiger partial charge on any atom is 0.319 e. The maximum atomic E-state index is 12.1. The molecule has 0 saturated carbocycles. The van der Waals surface area contributed by atoms with E-state index in [1.807, 2.05) is 48.0 Å². The van der Waals surface area contributed by atoms with Crippen LogP contribution in [-0.4, -0.2) is 26.6 Å². The molecule has 0 bridgehead atoms. The zero-order valence-corrected chi connectivity index (χ0v) is 14.5. The second kappa shape index (κ2) is 8.66. The highest BCUT2D eigenvalue weighted by molar-refractivity contribution is 5.89. The summed E-state index contributed by atoms with van der Waals surface area (Å²) in [5.74, 6) is 0.686. The molecule has 1 atom stereocenters. The van der Waals surface area contributed by atoms with E-state index in [9.17, 15) is 4.79 Å². The van der Waals surface area contributed by atoms with Crippen molar-refractivity contribution in [3.63, 3.8) is 0 Å². The van der Waals surface area contributed by atoms with Crippen LogP contribution in [0.4, 0.5) is 10.5 Å². The van der Waals surface area contributed by atoms with Crippen LogP contribution in [0.5, 0.6) is 5.75 Å². The SMILES string of the molecule is CC(Cn1ccnc1)NC(=O)Nc1cccc(OCc2ccncc2)c1. The Kier molecular flexibility index (Phi) is 5.82. The van der Waals surface area contributed by atoms with Crippen molar-refractivity contribution in [1.29, 1.82) is 0 Å². The van der Waals surface area contributed by atoms with Crippen molar-refractivity contribution < 1.29 is 9.53 Å². The van der Waals surface area contributed by atoms with Gasteiger partial charge < -0.3 is 19.9 Å². The smallest absolute Gasteiger partial charge is 0.319 e. The van der Waals surface area contributed by atoms with Crippen molar-refractivity contribution >= 4 is 11.7 Å². The first-order valence-electron chi connectivity index (χ1n) is 8.34. The molecule has 0 fully saturated rings. The molecule has 1 unspecified atom stereocenters. The van der Waals surface area contributed by atoms with Crippen molar-refractivity contribution in [2.45, 2.75) is 26.1 Å². The molecule has 1 aromatic carbocycles. The molecule has 0 aliphatic carbocycles. The van der Waals surface area contributed by atoms with Gasteiger partial charge in [-0.2, -0.15) is 0 Å². The summed E-state index contributed by atoms with van der Waals surface area (Å²) >= 11 is 0. The van der Waals surface area contributed by atoms with Gasteiger partial charge in [0.25, 0.3) is 0 Å². The first kappa shape index (κ1) is 17.5. The number of ether oxygens (including phenoxy) is 1. The highest BCUT2D eigenvalue weighted by Crippen LogP contribution is 2.18. The summed E-state index contributed by atoms with van der Waals surface area (Å²) in [7, 11) is 0. The molecule has 0 radical (unpaired) electrons. The van der Waals surface area contributed by atoms with Crippen molar-refractivity contribution in [2.24, 2.45) is 0 Å². The van der Waals surface area contributed by atoms with E-state index in [1.54, 1.807) is 31.0 Å². The number of rotatable bonds is 7. The predicted octanol–water partition coefficient (Wildman–Crippen LogP) is 3.07. The van der Waals surface area contributed by atoms with E-state index >= 15 is 0 Å². The number of urea groups is 1. The monoisotopic (exact) mass is 351 g/mol. The van der Waals surface area contributed by atoms with Gasteiger partial charge in [0, 0.05) is 49.1 Å². The number of nitrogens with zero attached hydrogens (tertiary/aromatic N) is 3. The van der Waals surface area contributed by atoms with Crippen LogP contribution < -0.4 is 15.4 Å². The standard InChI is InChI=1S/C19H21N5O2/c1-15(12-24-10-9-21-14-24)22-19(25)23-17-3-2-4-18(11-17)26-13-16-5-7-20-8-6-16/h2-11,14-15H,12-13H2,1H3,(H2,22,23,25). The fourth-order valence-corrected chi connectivity index (χ4v) is 2.46. The molecule has 0 aliphatic heterocycles. The van der Waals surface area contributed by atoms with E-state index in [2.05, 4.69) is 20.6 Å². The number of carbonyl (C=O) groups is 1. The number of benzene rings is 1. The van der Waals surface area contributed by atoms with Gasteiger partial charge in [0.2, 0.25) is 0 Å². The molecule has 26 heavy (non-hydrogen) atoms. The van der Waals surface area contributed by atoms with E-state index in [0.29, 0.717) is 24.6 Å². The molecule has 0 spiro atoms. The normalized spacial score (nSPS) is 11.6. The number of pyridine rings is 1.